The zero-order chi connectivity index (χ0) is 24.8. The topological polar surface area (TPSA) is 143 Å². The number of ether oxygens (including phenoxy) is 1. The van der Waals surface area contributed by atoms with E-state index in [1.807, 2.05) is 12.1 Å². The Kier molecular flexibility index (Phi) is 9.84. The van der Waals surface area contributed by atoms with Crippen LogP contribution in [-0.4, -0.2) is 73.9 Å². The molecule has 5 atom stereocenters. The van der Waals surface area contributed by atoms with Crippen LogP contribution in [0.2, 0.25) is 0 Å². The average molecular weight is 482 g/mol. The number of hydrogen-bond donors (Lipinski definition) is 4. The summed E-state index contributed by atoms with van der Waals surface area (Å²) in [6.07, 6.45) is -2.84. The molecule has 33 heavy (non-hydrogen) atoms. The van der Waals surface area contributed by atoms with Crippen molar-refractivity contribution < 1.29 is 28.5 Å². The maximum Gasteiger partial charge on any atom is 0.251 e. The molecular weight excluding hydrogens is 446 g/mol. The van der Waals surface area contributed by atoms with Crippen LogP contribution < -0.4 is 9.62 Å². The summed E-state index contributed by atoms with van der Waals surface area (Å²) in [5.41, 5.74) is 1.88. The number of allylic oxidation sites excluding steroid dienone is 2. The van der Waals surface area contributed by atoms with E-state index in [0.29, 0.717) is 5.56 Å². The molecule has 1 heterocycles. The highest BCUT2D eigenvalue weighted by atomic mass is 32.2. The van der Waals surface area contributed by atoms with Gasteiger partial charge in [0.05, 0.1) is 18.8 Å². The number of benzene rings is 1. The molecule has 0 aromatic heterocycles. The Morgan fingerprint density at radius 2 is 1.73 bits per heavy atom. The third-order valence-electron chi connectivity index (χ3n) is 5.83. The van der Waals surface area contributed by atoms with Gasteiger partial charge in [-0.2, -0.15) is 5.26 Å². The molecule has 1 fully saturated rings. The van der Waals surface area contributed by atoms with Crippen molar-refractivity contribution in [3.63, 3.8) is 0 Å². The van der Waals surface area contributed by atoms with Gasteiger partial charge < -0.3 is 25.0 Å². The van der Waals surface area contributed by atoms with Crippen LogP contribution in [0.3, 0.4) is 0 Å². The quantitative estimate of drug-likeness (QED) is 0.367. The third-order valence-corrected chi connectivity index (χ3v) is 7.35. The largest absolute Gasteiger partial charge is 0.394 e. The highest BCUT2D eigenvalue weighted by Crippen LogP contribution is 2.27. The Morgan fingerprint density at radius 1 is 1.15 bits per heavy atom. The zero-order valence-corrected chi connectivity index (χ0v) is 20.4. The molecule has 0 spiro atoms. The fourth-order valence-corrected chi connectivity index (χ4v) is 5.46. The number of nitrogens with one attached hydrogen (secondary N) is 1. The van der Waals surface area contributed by atoms with Crippen LogP contribution in [0.5, 0.6) is 0 Å². The second-order valence-electron chi connectivity index (χ2n) is 8.29. The Balaban J connectivity index is 2.31. The fourth-order valence-electron chi connectivity index (χ4n) is 4.01. The Hall–Kier alpha value is -2.00. The van der Waals surface area contributed by atoms with Crippen molar-refractivity contribution in [3.8, 4) is 6.07 Å². The molecular formula is C23H35N3O6S. The van der Waals surface area contributed by atoms with E-state index in [-0.39, 0.29) is 5.57 Å². The summed E-state index contributed by atoms with van der Waals surface area (Å²) < 4.78 is 33.8. The third kappa shape index (κ3) is 6.32. The van der Waals surface area contributed by atoms with Crippen LogP contribution in [0.1, 0.15) is 46.1 Å². The summed E-state index contributed by atoms with van der Waals surface area (Å²) in [5.74, 6) is 0. The molecule has 1 aliphatic heterocycles. The first kappa shape index (κ1) is 27.2. The molecule has 0 aliphatic carbocycles. The molecule has 1 saturated heterocycles. The van der Waals surface area contributed by atoms with Crippen molar-refractivity contribution in [2.75, 3.05) is 24.6 Å². The predicted molar refractivity (Wildman–Crippen MR) is 127 cm³/mol. The van der Waals surface area contributed by atoms with E-state index in [1.54, 1.807) is 25.1 Å². The van der Waals surface area contributed by atoms with Gasteiger partial charge in [-0.15, -0.1) is 0 Å². The van der Waals surface area contributed by atoms with Crippen LogP contribution >= 0.6 is 0 Å². The van der Waals surface area contributed by atoms with Gasteiger partial charge in [-0.25, -0.2) is 13.1 Å². The van der Waals surface area contributed by atoms with Gasteiger partial charge in [-0.1, -0.05) is 26.0 Å². The SMILES string of the molecule is CCCN(CCC)c1ccc(/C(C)=C(\C#N)S(=O)(=O)N[C@H]2C(C)O[C@H](CO)[C@@H](O)[C@@H]2O)cc1. The number of hydrogen-bond acceptors (Lipinski definition) is 8. The summed E-state index contributed by atoms with van der Waals surface area (Å²) in [7, 11) is -4.33. The lowest BCUT2D eigenvalue weighted by Gasteiger charge is -2.41. The molecule has 1 aliphatic rings. The number of aliphatic hydroxyl groups is 3. The summed E-state index contributed by atoms with van der Waals surface area (Å²) in [6.45, 7) is 8.60. The Morgan fingerprint density at radius 3 is 2.21 bits per heavy atom. The second-order valence-corrected chi connectivity index (χ2v) is 9.94. The molecule has 0 radical (unpaired) electrons. The van der Waals surface area contributed by atoms with Crippen LogP contribution in [0, 0.1) is 11.3 Å². The molecule has 10 heteroatoms. The molecule has 4 N–H and O–H groups in total. The average Bonchev–Trinajstić information content (AvgIpc) is 2.79. The number of nitrogens with zero attached hydrogens (tertiary/aromatic N) is 2. The highest BCUT2D eigenvalue weighted by molar-refractivity contribution is 7.93. The van der Waals surface area contributed by atoms with E-state index in [0.717, 1.165) is 31.6 Å². The minimum absolute atomic E-state index is 0.265. The maximum absolute atomic E-state index is 13.0. The maximum atomic E-state index is 13.0. The molecule has 0 amide bonds. The summed E-state index contributed by atoms with van der Waals surface area (Å²) in [4.78, 5) is 1.77. The van der Waals surface area contributed by atoms with Crippen LogP contribution in [0.25, 0.3) is 5.57 Å². The smallest absolute Gasteiger partial charge is 0.251 e. The first-order chi connectivity index (χ1) is 15.6. The number of anilines is 1. The molecule has 1 unspecified atom stereocenters. The summed E-state index contributed by atoms with van der Waals surface area (Å²) in [6, 6.07) is 7.96. The first-order valence-electron chi connectivity index (χ1n) is 11.2. The van der Waals surface area contributed by atoms with E-state index in [1.165, 1.54) is 6.92 Å². The monoisotopic (exact) mass is 481 g/mol. The molecule has 1 aromatic carbocycles. The number of aliphatic hydroxyl groups excluding tert-OH is 3. The molecule has 0 bridgehead atoms. The summed E-state index contributed by atoms with van der Waals surface area (Å²) in [5, 5.41) is 39.4. The van der Waals surface area contributed by atoms with Crippen molar-refractivity contribution in [1.82, 2.24) is 4.72 Å². The van der Waals surface area contributed by atoms with E-state index in [9.17, 15) is 29.0 Å². The molecule has 0 saturated carbocycles. The molecule has 9 nitrogen and oxygen atoms in total. The van der Waals surface area contributed by atoms with Gasteiger partial charge in [0.25, 0.3) is 10.0 Å². The number of sulfonamides is 1. The second kappa shape index (κ2) is 11.9. The Bertz CT molecular complexity index is 951. The van der Waals surface area contributed by atoms with E-state index in [2.05, 4.69) is 23.5 Å². The molecule has 2 rings (SSSR count). The van der Waals surface area contributed by atoms with Gasteiger partial charge in [-0.05, 0) is 50.0 Å². The van der Waals surface area contributed by atoms with Crippen molar-refractivity contribution in [1.29, 1.82) is 5.26 Å². The first-order valence-corrected chi connectivity index (χ1v) is 12.7. The van der Waals surface area contributed by atoms with Crippen molar-refractivity contribution in [2.45, 2.75) is 71.0 Å². The summed E-state index contributed by atoms with van der Waals surface area (Å²) >= 11 is 0. The van der Waals surface area contributed by atoms with E-state index < -0.39 is 52.0 Å². The molecule has 1 aromatic rings. The van der Waals surface area contributed by atoms with Gasteiger partial charge in [0.2, 0.25) is 0 Å². The molecule has 184 valence electrons. The minimum Gasteiger partial charge on any atom is -0.394 e. The van der Waals surface area contributed by atoms with Gasteiger partial charge in [0.15, 0.2) is 4.91 Å². The van der Waals surface area contributed by atoms with Crippen molar-refractivity contribution >= 4 is 21.3 Å². The minimum atomic E-state index is -4.33. The van der Waals surface area contributed by atoms with E-state index in [4.69, 9.17) is 4.74 Å². The normalized spacial score (nSPS) is 26.4. The fraction of sp³-hybridized carbons (Fsp3) is 0.609. The van der Waals surface area contributed by atoms with E-state index >= 15 is 0 Å². The number of nitriles is 1. The van der Waals surface area contributed by atoms with Gasteiger partial charge >= 0.3 is 0 Å². The lowest BCUT2D eigenvalue weighted by Crippen LogP contribution is -2.63. The van der Waals surface area contributed by atoms with Crippen molar-refractivity contribution in [2.24, 2.45) is 0 Å². The van der Waals surface area contributed by atoms with Gasteiger partial charge in [0.1, 0.15) is 24.4 Å². The standard InChI is InChI=1S/C23H35N3O6S/c1-5-11-26(12-6-2)18-9-7-17(8-10-18)15(3)20(13-24)33(30,31)25-21-16(4)32-19(14-27)22(28)23(21)29/h7-10,16,19,21-23,25,27-29H,5-6,11-12,14H2,1-4H3/b20-15+/t16?,19-,21+,22-,23-/m1/s1. The zero-order valence-electron chi connectivity index (χ0n) is 19.6. The lowest BCUT2D eigenvalue weighted by molar-refractivity contribution is -0.186. The van der Waals surface area contributed by atoms with Gasteiger partial charge in [-0.3, -0.25) is 0 Å². The van der Waals surface area contributed by atoms with Gasteiger partial charge in [0, 0.05) is 18.8 Å². The predicted octanol–water partition coefficient (Wildman–Crippen LogP) is 1.36. The van der Waals surface area contributed by atoms with Crippen LogP contribution in [0.4, 0.5) is 5.69 Å². The Labute approximate surface area is 196 Å². The lowest BCUT2D eigenvalue weighted by atomic mass is 9.94. The number of rotatable bonds is 10. The van der Waals surface area contributed by atoms with Crippen molar-refractivity contribution in [3.05, 3.63) is 34.7 Å². The van der Waals surface area contributed by atoms with Crippen LogP contribution in [0.15, 0.2) is 29.2 Å². The van der Waals surface area contributed by atoms with Crippen LogP contribution in [-0.2, 0) is 14.8 Å². The highest BCUT2D eigenvalue weighted by Gasteiger charge is 2.44.